The van der Waals surface area contributed by atoms with Crippen LogP contribution in [0.1, 0.15) is 39.0 Å². The van der Waals surface area contributed by atoms with E-state index in [1.54, 1.807) is 0 Å². The molecule has 0 aromatic heterocycles. The van der Waals surface area contributed by atoms with Crippen molar-refractivity contribution in [2.45, 2.75) is 39.0 Å². The topological polar surface area (TPSA) is 17.1 Å². The maximum atomic E-state index is 11.4. The lowest BCUT2D eigenvalue weighted by Gasteiger charge is -1.99. The van der Waals surface area contributed by atoms with Gasteiger partial charge in [0, 0.05) is 6.42 Å². The van der Waals surface area contributed by atoms with Crippen molar-refractivity contribution < 1.29 is 4.79 Å². The fourth-order valence-corrected chi connectivity index (χ4v) is 3.85. The van der Waals surface area contributed by atoms with Gasteiger partial charge in [-0.2, -0.15) is 0 Å². The summed E-state index contributed by atoms with van der Waals surface area (Å²) >= 11 is 0. The van der Waals surface area contributed by atoms with Crippen LogP contribution in [0.3, 0.4) is 0 Å². The summed E-state index contributed by atoms with van der Waals surface area (Å²) in [4.78, 5) is 11.4. The Labute approximate surface area is 78.3 Å². The van der Waals surface area contributed by atoms with Crippen LogP contribution in [0.4, 0.5) is 0 Å². The van der Waals surface area contributed by atoms with Crippen LogP contribution < -0.4 is 0 Å². The van der Waals surface area contributed by atoms with Crippen LogP contribution in [0.15, 0.2) is 0 Å². The number of hydrogen-bond donors (Lipinski definition) is 0. The summed E-state index contributed by atoms with van der Waals surface area (Å²) in [6.45, 7) is 2.14. The number of rotatable bonds is 5. The highest BCUT2D eigenvalue weighted by atomic mass is 32.2. The normalized spacial score (nSPS) is 18.4. The number of carbonyl (C=O) groups excluding carboxylic acids is 1. The van der Waals surface area contributed by atoms with Crippen molar-refractivity contribution in [2.75, 3.05) is 17.3 Å². The maximum absolute atomic E-state index is 11.4. The van der Waals surface area contributed by atoms with Crippen LogP contribution >= 0.6 is 0 Å². The first-order valence-corrected chi connectivity index (χ1v) is 6.72. The molecule has 1 nitrogen and oxygen atoms in total. The summed E-state index contributed by atoms with van der Waals surface area (Å²) in [5.41, 5.74) is 0. The van der Waals surface area contributed by atoms with Gasteiger partial charge in [0.25, 0.3) is 0 Å². The SMILES string of the molecule is CCCCC(=O)C[S+]1CCCC1. The average Bonchev–Trinajstić information content (AvgIpc) is 2.53. The lowest BCUT2D eigenvalue weighted by molar-refractivity contribution is -0.116. The quantitative estimate of drug-likeness (QED) is 0.603. The van der Waals surface area contributed by atoms with Gasteiger partial charge in [-0.1, -0.05) is 13.3 Å². The third-order valence-corrected chi connectivity index (χ3v) is 4.75. The Morgan fingerprint density at radius 2 is 2.00 bits per heavy atom. The first-order chi connectivity index (χ1) is 5.83. The molecule has 1 saturated heterocycles. The number of Topliss-reactive ketones (excluding diaryl/α,β-unsaturated/α-hetero) is 1. The van der Waals surface area contributed by atoms with Crippen LogP contribution in [0, 0.1) is 0 Å². The van der Waals surface area contributed by atoms with Crippen LogP contribution in [0.25, 0.3) is 0 Å². The number of ketones is 1. The van der Waals surface area contributed by atoms with Gasteiger partial charge >= 0.3 is 0 Å². The Kier molecular flexibility index (Phi) is 4.74. The zero-order valence-electron chi connectivity index (χ0n) is 7.97. The van der Waals surface area contributed by atoms with Gasteiger partial charge in [-0.15, -0.1) is 0 Å². The van der Waals surface area contributed by atoms with Crippen molar-refractivity contribution in [3.63, 3.8) is 0 Å². The molecule has 0 unspecified atom stereocenters. The largest absolute Gasteiger partial charge is 0.294 e. The van der Waals surface area contributed by atoms with Gasteiger partial charge in [0.15, 0.2) is 11.5 Å². The molecule has 0 atom stereocenters. The van der Waals surface area contributed by atoms with Crippen molar-refractivity contribution in [2.24, 2.45) is 0 Å². The molecule has 0 saturated carbocycles. The lowest BCUT2D eigenvalue weighted by Crippen LogP contribution is -2.17. The Morgan fingerprint density at radius 3 is 2.58 bits per heavy atom. The van der Waals surface area contributed by atoms with E-state index in [2.05, 4.69) is 6.92 Å². The van der Waals surface area contributed by atoms with E-state index in [-0.39, 0.29) is 0 Å². The minimum atomic E-state index is 0.490. The van der Waals surface area contributed by atoms with Crippen LogP contribution in [0.2, 0.25) is 0 Å². The van der Waals surface area contributed by atoms with E-state index in [4.69, 9.17) is 0 Å². The van der Waals surface area contributed by atoms with Gasteiger partial charge in [-0.25, -0.2) is 0 Å². The van der Waals surface area contributed by atoms with Gasteiger partial charge < -0.3 is 0 Å². The molecule has 1 rings (SSSR count). The van der Waals surface area contributed by atoms with E-state index in [0.29, 0.717) is 16.7 Å². The molecule has 0 aromatic carbocycles. The van der Waals surface area contributed by atoms with Gasteiger partial charge in [-0.3, -0.25) is 4.79 Å². The highest BCUT2D eigenvalue weighted by Crippen LogP contribution is 2.14. The fraction of sp³-hybridized carbons (Fsp3) is 0.900. The number of unbranched alkanes of at least 4 members (excludes halogenated alkanes) is 1. The Bertz CT molecular complexity index is 139. The van der Waals surface area contributed by atoms with E-state index in [1.165, 1.54) is 24.3 Å². The zero-order valence-corrected chi connectivity index (χ0v) is 8.79. The van der Waals surface area contributed by atoms with E-state index in [1.807, 2.05) is 0 Å². The van der Waals surface area contributed by atoms with Crippen molar-refractivity contribution in [3.05, 3.63) is 0 Å². The number of hydrogen-bond acceptors (Lipinski definition) is 1. The summed E-state index contributed by atoms with van der Waals surface area (Å²) in [5.74, 6) is 4.08. The van der Waals surface area contributed by atoms with Crippen LogP contribution in [-0.2, 0) is 15.7 Å². The van der Waals surface area contributed by atoms with E-state index < -0.39 is 0 Å². The highest BCUT2D eigenvalue weighted by Gasteiger charge is 2.26. The summed E-state index contributed by atoms with van der Waals surface area (Å²) in [6.07, 6.45) is 5.81. The minimum absolute atomic E-state index is 0.490. The Balaban J connectivity index is 2.08. The molecule has 1 fully saturated rings. The second kappa shape index (κ2) is 5.63. The molecule has 0 aromatic rings. The van der Waals surface area contributed by atoms with E-state index >= 15 is 0 Å². The molecule has 70 valence electrons. The molecular formula is C10H19OS+. The summed E-state index contributed by atoms with van der Waals surface area (Å²) in [7, 11) is 0.490. The van der Waals surface area contributed by atoms with Gasteiger partial charge in [0.1, 0.15) is 11.5 Å². The van der Waals surface area contributed by atoms with Gasteiger partial charge in [0.2, 0.25) is 0 Å². The second-order valence-corrected chi connectivity index (χ2v) is 5.84. The molecule has 0 amide bonds. The molecule has 0 N–H and O–H groups in total. The van der Waals surface area contributed by atoms with Crippen molar-refractivity contribution >= 4 is 16.7 Å². The predicted molar refractivity (Wildman–Crippen MR) is 55.7 cm³/mol. The summed E-state index contributed by atoms with van der Waals surface area (Å²) in [5, 5.41) is 0. The number of carbonyl (C=O) groups is 1. The molecule has 1 heterocycles. The fourth-order valence-electron chi connectivity index (χ4n) is 1.53. The van der Waals surface area contributed by atoms with Crippen LogP contribution in [-0.4, -0.2) is 23.0 Å². The molecule has 0 radical (unpaired) electrons. The van der Waals surface area contributed by atoms with E-state index in [0.717, 1.165) is 25.0 Å². The van der Waals surface area contributed by atoms with Gasteiger partial charge in [0.05, 0.1) is 0 Å². The van der Waals surface area contributed by atoms with E-state index in [9.17, 15) is 4.79 Å². The second-order valence-electron chi connectivity index (χ2n) is 3.51. The average molecular weight is 187 g/mol. The van der Waals surface area contributed by atoms with Gasteiger partial charge in [-0.05, 0) is 30.2 Å². The third-order valence-electron chi connectivity index (χ3n) is 2.29. The molecule has 1 aliphatic heterocycles. The van der Waals surface area contributed by atoms with Crippen molar-refractivity contribution in [3.8, 4) is 0 Å². The molecular weight excluding hydrogens is 168 g/mol. The first-order valence-electron chi connectivity index (χ1n) is 4.98. The summed E-state index contributed by atoms with van der Waals surface area (Å²) in [6, 6.07) is 0. The molecule has 0 spiro atoms. The molecule has 1 aliphatic rings. The molecule has 2 heteroatoms. The predicted octanol–water partition coefficient (Wildman–Crippen LogP) is 2.16. The third kappa shape index (κ3) is 3.61. The highest BCUT2D eigenvalue weighted by molar-refractivity contribution is 7.97. The lowest BCUT2D eigenvalue weighted by atomic mass is 10.2. The summed E-state index contributed by atoms with van der Waals surface area (Å²) < 4.78 is 0. The van der Waals surface area contributed by atoms with Crippen LogP contribution in [0.5, 0.6) is 0 Å². The maximum Gasteiger partial charge on any atom is 0.181 e. The van der Waals surface area contributed by atoms with Crippen molar-refractivity contribution in [1.29, 1.82) is 0 Å². The standard InChI is InChI=1S/C10H19OS/c1-2-3-6-10(11)9-12-7-4-5-8-12/h2-9H2,1H3/q+1. The zero-order chi connectivity index (χ0) is 8.81. The Hall–Kier alpha value is 0.0200. The molecule has 0 aliphatic carbocycles. The van der Waals surface area contributed by atoms with Crippen molar-refractivity contribution in [1.82, 2.24) is 0 Å². The molecule has 0 bridgehead atoms. The Morgan fingerprint density at radius 1 is 1.33 bits per heavy atom. The monoisotopic (exact) mass is 187 g/mol. The first kappa shape index (κ1) is 10.1. The smallest absolute Gasteiger partial charge is 0.181 e. The minimum Gasteiger partial charge on any atom is -0.294 e. The molecule has 12 heavy (non-hydrogen) atoms.